The number of hydrogen-bond acceptors (Lipinski definition) is 3. The van der Waals surface area contributed by atoms with Gasteiger partial charge in [-0.3, -0.25) is 0 Å². The molecule has 0 saturated carbocycles. The molecule has 0 spiro atoms. The summed E-state index contributed by atoms with van der Waals surface area (Å²) in [6, 6.07) is 8.68. The van der Waals surface area contributed by atoms with Gasteiger partial charge in [-0.05, 0) is 29.5 Å². The maximum absolute atomic E-state index is 4.15. The fourth-order valence-corrected chi connectivity index (χ4v) is 3.69. The highest BCUT2D eigenvalue weighted by Crippen LogP contribution is 2.31. The van der Waals surface area contributed by atoms with Crippen molar-refractivity contribution in [1.82, 2.24) is 14.9 Å². The molecule has 3 rings (SSSR count). The molecule has 0 radical (unpaired) electrons. The van der Waals surface area contributed by atoms with E-state index in [2.05, 4.69) is 53.0 Å². The third kappa shape index (κ3) is 3.34. The highest BCUT2D eigenvalue weighted by Gasteiger charge is 2.12. The van der Waals surface area contributed by atoms with Crippen molar-refractivity contribution in [3.63, 3.8) is 0 Å². The Morgan fingerprint density at radius 2 is 2.14 bits per heavy atom. The van der Waals surface area contributed by atoms with E-state index in [0.717, 1.165) is 19.6 Å². The molecule has 0 aliphatic heterocycles. The van der Waals surface area contributed by atoms with E-state index in [0.29, 0.717) is 5.92 Å². The third-order valence-corrected chi connectivity index (χ3v) is 4.73. The monoisotopic (exact) mass is 299 g/mol. The Morgan fingerprint density at radius 1 is 1.29 bits per heavy atom. The summed E-state index contributed by atoms with van der Waals surface area (Å²) in [6.45, 7) is 7.37. The number of nitrogens with zero attached hydrogens (tertiary/aromatic N) is 2. The highest BCUT2D eigenvalue weighted by atomic mass is 32.1. The molecule has 0 fully saturated rings. The second kappa shape index (κ2) is 6.41. The molecule has 1 N–H and O–H groups in total. The predicted molar refractivity (Wildman–Crippen MR) is 89.7 cm³/mol. The number of benzene rings is 1. The summed E-state index contributed by atoms with van der Waals surface area (Å²) in [7, 11) is 0. The van der Waals surface area contributed by atoms with Crippen molar-refractivity contribution in [1.29, 1.82) is 0 Å². The first-order chi connectivity index (χ1) is 10.2. The van der Waals surface area contributed by atoms with E-state index in [1.807, 2.05) is 30.1 Å². The van der Waals surface area contributed by atoms with Crippen LogP contribution in [0.3, 0.4) is 0 Å². The lowest BCUT2D eigenvalue weighted by Crippen LogP contribution is -2.19. The van der Waals surface area contributed by atoms with E-state index in [-0.39, 0.29) is 0 Å². The number of thiophene rings is 1. The minimum Gasteiger partial charge on any atom is -0.333 e. The molecule has 0 bridgehead atoms. The Bertz CT molecular complexity index is 698. The largest absolute Gasteiger partial charge is 0.333 e. The standard InChI is InChI=1S/C17H21N3S/c1-13(2)9-19-10-17-15(11-20-8-7-18-12-20)14-5-3-4-6-16(14)21-17/h3-8,12-13,19H,9-11H2,1-2H3. The number of fused-ring (bicyclic) bond motifs is 1. The minimum atomic E-state index is 0.677. The Balaban J connectivity index is 1.90. The summed E-state index contributed by atoms with van der Waals surface area (Å²) in [5.74, 6) is 0.677. The number of imidazole rings is 1. The smallest absolute Gasteiger partial charge is 0.0949 e. The molecule has 4 heteroatoms. The van der Waals surface area contributed by atoms with Crippen LogP contribution in [0.4, 0.5) is 0 Å². The van der Waals surface area contributed by atoms with Gasteiger partial charge in [-0.2, -0.15) is 0 Å². The van der Waals surface area contributed by atoms with Gasteiger partial charge in [0.1, 0.15) is 0 Å². The summed E-state index contributed by atoms with van der Waals surface area (Å²) < 4.78 is 3.51. The summed E-state index contributed by atoms with van der Waals surface area (Å²) in [6.07, 6.45) is 5.75. The van der Waals surface area contributed by atoms with Crippen LogP contribution < -0.4 is 5.32 Å². The molecule has 0 unspecified atom stereocenters. The zero-order valence-corrected chi connectivity index (χ0v) is 13.4. The van der Waals surface area contributed by atoms with Gasteiger partial charge >= 0.3 is 0 Å². The zero-order valence-electron chi connectivity index (χ0n) is 12.5. The molecule has 0 aliphatic rings. The van der Waals surface area contributed by atoms with Crippen LogP contribution in [0.25, 0.3) is 10.1 Å². The molecule has 3 nitrogen and oxygen atoms in total. The molecular formula is C17H21N3S. The van der Waals surface area contributed by atoms with Gasteiger partial charge in [0.15, 0.2) is 0 Å². The van der Waals surface area contributed by atoms with Gasteiger partial charge in [0.2, 0.25) is 0 Å². The lowest BCUT2D eigenvalue weighted by Gasteiger charge is -2.09. The average molecular weight is 299 g/mol. The van der Waals surface area contributed by atoms with Crippen molar-refractivity contribution in [2.45, 2.75) is 26.9 Å². The number of hydrogen-bond donors (Lipinski definition) is 1. The summed E-state index contributed by atoms with van der Waals surface area (Å²) >= 11 is 1.90. The van der Waals surface area contributed by atoms with Crippen molar-refractivity contribution < 1.29 is 0 Å². The van der Waals surface area contributed by atoms with Gasteiger partial charge in [-0.25, -0.2) is 4.98 Å². The van der Waals surface area contributed by atoms with Crippen LogP contribution in [0.2, 0.25) is 0 Å². The molecule has 0 atom stereocenters. The van der Waals surface area contributed by atoms with E-state index < -0.39 is 0 Å². The highest BCUT2D eigenvalue weighted by molar-refractivity contribution is 7.19. The molecule has 0 saturated heterocycles. The van der Waals surface area contributed by atoms with Crippen LogP contribution in [-0.2, 0) is 13.1 Å². The van der Waals surface area contributed by atoms with Gasteiger partial charge in [0.25, 0.3) is 0 Å². The minimum absolute atomic E-state index is 0.677. The van der Waals surface area contributed by atoms with Gasteiger partial charge in [0, 0.05) is 28.5 Å². The first kappa shape index (κ1) is 14.3. The topological polar surface area (TPSA) is 29.9 Å². The number of nitrogens with one attached hydrogen (secondary N) is 1. The first-order valence-electron chi connectivity index (χ1n) is 7.40. The van der Waals surface area contributed by atoms with E-state index in [1.165, 1.54) is 20.5 Å². The fraction of sp³-hybridized carbons (Fsp3) is 0.353. The Kier molecular flexibility index (Phi) is 4.36. The Labute approximate surface area is 129 Å². The van der Waals surface area contributed by atoms with Crippen molar-refractivity contribution >= 4 is 21.4 Å². The molecule has 2 heterocycles. The SMILES string of the molecule is CC(C)CNCc1sc2ccccc2c1Cn1ccnc1. The molecule has 1 aromatic carbocycles. The molecule has 0 aliphatic carbocycles. The fourth-order valence-electron chi connectivity index (χ4n) is 2.50. The van der Waals surface area contributed by atoms with Gasteiger partial charge in [0.05, 0.1) is 12.9 Å². The maximum Gasteiger partial charge on any atom is 0.0949 e. The second-order valence-corrected chi connectivity index (χ2v) is 6.90. The van der Waals surface area contributed by atoms with Gasteiger partial charge in [-0.15, -0.1) is 11.3 Å². The summed E-state index contributed by atoms with van der Waals surface area (Å²) in [5, 5.41) is 4.94. The lowest BCUT2D eigenvalue weighted by molar-refractivity contribution is 0.553. The lowest BCUT2D eigenvalue weighted by atomic mass is 10.1. The van der Waals surface area contributed by atoms with E-state index >= 15 is 0 Å². The van der Waals surface area contributed by atoms with Crippen LogP contribution in [0, 0.1) is 5.92 Å². The number of rotatable bonds is 6. The van der Waals surface area contributed by atoms with Gasteiger partial charge in [-0.1, -0.05) is 32.0 Å². The Morgan fingerprint density at radius 3 is 2.90 bits per heavy atom. The van der Waals surface area contributed by atoms with Crippen molar-refractivity contribution in [2.75, 3.05) is 6.54 Å². The van der Waals surface area contributed by atoms with Crippen molar-refractivity contribution in [2.24, 2.45) is 5.92 Å². The quantitative estimate of drug-likeness (QED) is 0.748. The number of aromatic nitrogens is 2. The maximum atomic E-state index is 4.15. The molecule has 110 valence electrons. The Hall–Kier alpha value is -1.65. The zero-order chi connectivity index (χ0) is 14.7. The third-order valence-electron chi connectivity index (χ3n) is 3.52. The molecular weight excluding hydrogens is 278 g/mol. The average Bonchev–Trinajstić information content (AvgIpc) is 3.08. The van der Waals surface area contributed by atoms with E-state index in [9.17, 15) is 0 Å². The summed E-state index contributed by atoms with van der Waals surface area (Å²) in [5.41, 5.74) is 1.42. The summed E-state index contributed by atoms with van der Waals surface area (Å²) in [4.78, 5) is 5.58. The second-order valence-electron chi connectivity index (χ2n) is 5.76. The van der Waals surface area contributed by atoms with Crippen LogP contribution in [0.5, 0.6) is 0 Å². The first-order valence-corrected chi connectivity index (χ1v) is 8.21. The molecule has 21 heavy (non-hydrogen) atoms. The van der Waals surface area contributed by atoms with Crippen LogP contribution >= 0.6 is 11.3 Å². The molecule has 0 amide bonds. The predicted octanol–water partition coefficient (Wildman–Crippen LogP) is 3.89. The van der Waals surface area contributed by atoms with Crippen LogP contribution in [-0.4, -0.2) is 16.1 Å². The van der Waals surface area contributed by atoms with Crippen LogP contribution in [0.15, 0.2) is 43.0 Å². The normalized spacial score (nSPS) is 11.6. The van der Waals surface area contributed by atoms with Crippen LogP contribution in [0.1, 0.15) is 24.3 Å². The van der Waals surface area contributed by atoms with Crippen molar-refractivity contribution in [3.8, 4) is 0 Å². The molecule has 2 aromatic heterocycles. The molecule has 3 aromatic rings. The van der Waals surface area contributed by atoms with E-state index in [1.54, 1.807) is 0 Å². The van der Waals surface area contributed by atoms with E-state index in [4.69, 9.17) is 0 Å². The van der Waals surface area contributed by atoms with Crippen molar-refractivity contribution in [3.05, 3.63) is 53.4 Å². The van der Waals surface area contributed by atoms with Gasteiger partial charge < -0.3 is 9.88 Å².